The molecule has 6 heteroatoms. The number of nitrogens with zero attached hydrogens (tertiary/aromatic N) is 1. The van der Waals surface area contributed by atoms with Gasteiger partial charge in [0, 0.05) is 24.8 Å². The van der Waals surface area contributed by atoms with Crippen LogP contribution in [0.3, 0.4) is 0 Å². The zero-order valence-electron chi connectivity index (χ0n) is 7.94. The third-order valence-electron chi connectivity index (χ3n) is 2.71. The van der Waals surface area contributed by atoms with Gasteiger partial charge in [0.05, 0.1) is 6.54 Å². The molecule has 0 radical (unpaired) electrons. The minimum absolute atomic E-state index is 0.117. The average Bonchev–Trinajstić information content (AvgIpc) is 2.82. The summed E-state index contributed by atoms with van der Waals surface area (Å²) in [6.45, 7) is -0.331. The Morgan fingerprint density at radius 3 is 2.93 bits per heavy atom. The predicted molar refractivity (Wildman–Crippen MR) is 50.4 cm³/mol. The first-order valence-electron chi connectivity index (χ1n) is 4.65. The SMILES string of the molecule is O=c1ccn(C[C@@]2(F)C[C@H]2CO)c(=O)[nH]1. The number of hydrogen-bond acceptors (Lipinski definition) is 3. The maximum atomic E-state index is 13.7. The second kappa shape index (κ2) is 3.30. The normalized spacial score (nSPS) is 29.1. The molecular formula is C9H11FN2O3. The molecule has 82 valence electrons. The minimum atomic E-state index is -1.50. The summed E-state index contributed by atoms with van der Waals surface area (Å²) in [6.07, 6.45) is 1.52. The highest BCUT2D eigenvalue weighted by Gasteiger charge is 2.55. The van der Waals surface area contributed by atoms with Gasteiger partial charge in [0.25, 0.3) is 5.56 Å². The van der Waals surface area contributed by atoms with Gasteiger partial charge in [-0.3, -0.25) is 14.3 Å². The first kappa shape index (κ1) is 10.1. The fourth-order valence-electron chi connectivity index (χ4n) is 1.62. The number of aromatic amines is 1. The minimum Gasteiger partial charge on any atom is -0.396 e. The van der Waals surface area contributed by atoms with E-state index in [2.05, 4.69) is 0 Å². The summed E-state index contributed by atoms with van der Waals surface area (Å²) in [4.78, 5) is 24.0. The Bertz CT molecular complexity index is 481. The summed E-state index contributed by atoms with van der Waals surface area (Å²) in [5.74, 6) is -0.392. The zero-order valence-corrected chi connectivity index (χ0v) is 7.94. The van der Waals surface area contributed by atoms with Gasteiger partial charge in [0.2, 0.25) is 0 Å². The maximum absolute atomic E-state index is 13.7. The van der Waals surface area contributed by atoms with Gasteiger partial charge in [0.1, 0.15) is 5.67 Å². The molecule has 0 bridgehead atoms. The predicted octanol–water partition coefficient (Wildman–Crippen LogP) is -0.743. The van der Waals surface area contributed by atoms with Crippen LogP contribution in [0.1, 0.15) is 6.42 Å². The summed E-state index contributed by atoms with van der Waals surface area (Å²) < 4.78 is 14.8. The van der Waals surface area contributed by atoms with Crippen molar-refractivity contribution in [3.63, 3.8) is 0 Å². The fraction of sp³-hybridized carbons (Fsp3) is 0.556. The lowest BCUT2D eigenvalue weighted by Crippen LogP contribution is -2.32. The van der Waals surface area contributed by atoms with E-state index in [-0.39, 0.29) is 19.6 Å². The summed E-state index contributed by atoms with van der Waals surface area (Å²) >= 11 is 0. The van der Waals surface area contributed by atoms with Crippen molar-refractivity contribution in [1.29, 1.82) is 0 Å². The Hall–Kier alpha value is -1.43. The van der Waals surface area contributed by atoms with Crippen LogP contribution in [-0.4, -0.2) is 26.9 Å². The van der Waals surface area contributed by atoms with Gasteiger partial charge in [-0.1, -0.05) is 0 Å². The molecule has 1 aliphatic carbocycles. The molecule has 5 nitrogen and oxygen atoms in total. The van der Waals surface area contributed by atoms with Crippen LogP contribution in [0, 0.1) is 5.92 Å². The number of halogens is 1. The van der Waals surface area contributed by atoms with Crippen LogP contribution in [0.2, 0.25) is 0 Å². The highest BCUT2D eigenvalue weighted by Crippen LogP contribution is 2.47. The van der Waals surface area contributed by atoms with E-state index in [1.165, 1.54) is 12.3 Å². The second-order valence-corrected chi connectivity index (χ2v) is 3.86. The van der Waals surface area contributed by atoms with Gasteiger partial charge in [-0.05, 0) is 6.42 Å². The van der Waals surface area contributed by atoms with Crippen molar-refractivity contribution < 1.29 is 9.50 Å². The Kier molecular flexibility index (Phi) is 2.22. The smallest absolute Gasteiger partial charge is 0.328 e. The van der Waals surface area contributed by atoms with E-state index in [1.807, 2.05) is 4.98 Å². The van der Waals surface area contributed by atoms with E-state index in [9.17, 15) is 14.0 Å². The third kappa shape index (κ3) is 1.85. The number of rotatable bonds is 3. The number of alkyl halides is 1. The Balaban J connectivity index is 2.19. The van der Waals surface area contributed by atoms with Crippen LogP contribution < -0.4 is 11.2 Å². The number of aromatic nitrogens is 2. The number of H-pyrrole nitrogens is 1. The van der Waals surface area contributed by atoms with Gasteiger partial charge in [-0.25, -0.2) is 9.18 Å². The topological polar surface area (TPSA) is 75.1 Å². The van der Waals surface area contributed by atoms with Gasteiger partial charge >= 0.3 is 5.69 Å². The van der Waals surface area contributed by atoms with Gasteiger partial charge in [-0.2, -0.15) is 0 Å². The van der Waals surface area contributed by atoms with E-state index < -0.39 is 22.8 Å². The highest BCUT2D eigenvalue weighted by atomic mass is 19.1. The van der Waals surface area contributed by atoms with Crippen molar-refractivity contribution in [2.75, 3.05) is 6.61 Å². The lowest BCUT2D eigenvalue weighted by molar-refractivity contribution is 0.191. The molecule has 1 fully saturated rings. The lowest BCUT2D eigenvalue weighted by atomic mass is 10.3. The summed E-state index contributed by atoms with van der Waals surface area (Å²) in [6, 6.07) is 1.17. The monoisotopic (exact) mass is 214 g/mol. The molecule has 0 aromatic carbocycles. The quantitative estimate of drug-likeness (QED) is 0.695. The fourth-order valence-corrected chi connectivity index (χ4v) is 1.62. The number of nitrogens with one attached hydrogen (secondary N) is 1. The van der Waals surface area contributed by atoms with Crippen molar-refractivity contribution in [1.82, 2.24) is 9.55 Å². The molecule has 1 aliphatic rings. The van der Waals surface area contributed by atoms with Crippen LogP contribution in [-0.2, 0) is 6.54 Å². The maximum Gasteiger partial charge on any atom is 0.328 e. The molecule has 2 atom stereocenters. The van der Waals surface area contributed by atoms with Crippen LogP contribution in [0.25, 0.3) is 0 Å². The van der Waals surface area contributed by atoms with E-state index in [0.717, 1.165) is 4.57 Å². The molecular weight excluding hydrogens is 203 g/mol. The van der Waals surface area contributed by atoms with Gasteiger partial charge in [0.15, 0.2) is 0 Å². The van der Waals surface area contributed by atoms with E-state index in [0.29, 0.717) is 0 Å². The Morgan fingerprint density at radius 2 is 2.40 bits per heavy atom. The molecule has 1 heterocycles. The lowest BCUT2D eigenvalue weighted by Gasteiger charge is -2.08. The van der Waals surface area contributed by atoms with Crippen molar-refractivity contribution in [2.45, 2.75) is 18.6 Å². The van der Waals surface area contributed by atoms with Crippen molar-refractivity contribution in [3.8, 4) is 0 Å². The molecule has 0 amide bonds. The average molecular weight is 214 g/mol. The number of aliphatic hydroxyl groups excluding tert-OH is 1. The van der Waals surface area contributed by atoms with Crippen molar-refractivity contribution in [3.05, 3.63) is 33.1 Å². The molecule has 0 saturated heterocycles. The van der Waals surface area contributed by atoms with Crippen LogP contribution >= 0.6 is 0 Å². The second-order valence-electron chi connectivity index (χ2n) is 3.86. The zero-order chi connectivity index (χ0) is 11.1. The van der Waals surface area contributed by atoms with E-state index in [1.54, 1.807) is 0 Å². The van der Waals surface area contributed by atoms with E-state index >= 15 is 0 Å². The summed E-state index contributed by atoms with van der Waals surface area (Å²) in [5, 5.41) is 8.75. The number of hydrogen-bond donors (Lipinski definition) is 2. The molecule has 0 spiro atoms. The summed E-state index contributed by atoms with van der Waals surface area (Å²) in [7, 11) is 0. The molecule has 1 aromatic heterocycles. The molecule has 0 aliphatic heterocycles. The first-order chi connectivity index (χ1) is 7.05. The largest absolute Gasteiger partial charge is 0.396 e. The molecule has 0 unspecified atom stereocenters. The number of aliphatic hydroxyl groups is 1. The first-order valence-corrected chi connectivity index (χ1v) is 4.65. The highest BCUT2D eigenvalue weighted by molar-refractivity contribution is 5.04. The van der Waals surface area contributed by atoms with E-state index in [4.69, 9.17) is 5.11 Å². The van der Waals surface area contributed by atoms with Gasteiger partial charge in [-0.15, -0.1) is 0 Å². The van der Waals surface area contributed by atoms with Crippen LogP contribution in [0.4, 0.5) is 4.39 Å². The van der Waals surface area contributed by atoms with Crippen LogP contribution in [0.5, 0.6) is 0 Å². The van der Waals surface area contributed by atoms with Crippen LogP contribution in [0.15, 0.2) is 21.9 Å². The van der Waals surface area contributed by atoms with Crippen molar-refractivity contribution in [2.24, 2.45) is 5.92 Å². The Morgan fingerprint density at radius 1 is 1.67 bits per heavy atom. The van der Waals surface area contributed by atoms with Gasteiger partial charge < -0.3 is 5.11 Å². The van der Waals surface area contributed by atoms with Crippen molar-refractivity contribution >= 4 is 0 Å². The molecule has 2 N–H and O–H groups in total. The molecule has 1 saturated carbocycles. The standard InChI is InChI=1S/C9H11FN2O3/c10-9(3-6(9)4-13)5-12-2-1-7(14)11-8(12)15/h1-2,6,13H,3-5H2,(H,11,14,15)/t6-,9-/m0/s1. The summed E-state index contributed by atoms with van der Waals surface area (Å²) in [5.41, 5.74) is -2.63. The molecule has 1 aromatic rings. The molecule has 2 rings (SSSR count). The Labute approximate surface area is 84.2 Å². The third-order valence-corrected chi connectivity index (χ3v) is 2.71. The molecule has 15 heavy (non-hydrogen) atoms.